The fourth-order valence-corrected chi connectivity index (χ4v) is 3.28. The van der Waals surface area contributed by atoms with Crippen molar-refractivity contribution in [2.24, 2.45) is 5.92 Å². The number of nitrogens with one attached hydrogen (secondary N) is 2. The van der Waals surface area contributed by atoms with E-state index in [4.69, 9.17) is 0 Å². The average molecular weight is 323 g/mol. The summed E-state index contributed by atoms with van der Waals surface area (Å²) in [5.41, 5.74) is 0. The minimum atomic E-state index is -0.451. The summed E-state index contributed by atoms with van der Waals surface area (Å²) in [7, 11) is 0. The molecule has 0 radical (unpaired) electrons. The summed E-state index contributed by atoms with van der Waals surface area (Å²) < 4.78 is 0.696. The molecule has 1 aromatic heterocycles. The molecule has 0 spiro atoms. The van der Waals surface area contributed by atoms with E-state index in [-0.39, 0.29) is 11.8 Å². The third-order valence-electron chi connectivity index (χ3n) is 3.82. The molecule has 2 atom stereocenters. The van der Waals surface area contributed by atoms with Crippen molar-refractivity contribution in [2.75, 3.05) is 5.75 Å². The van der Waals surface area contributed by atoms with E-state index in [1.54, 1.807) is 18.2 Å². The number of amides is 3. The molecule has 22 heavy (non-hydrogen) atoms. The molecule has 2 N–H and O–H groups in total. The number of nitrogens with zero attached hydrogens (tertiary/aromatic N) is 1. The highest BCUT2D eigenvalue weighted by Gasteiger charge is 2.23. The predicted molar refractivity (Wildman–Crippen MR) is 84.2 cm³/mol. The summed E-state index contributed by atoms with van der Waals surface area (Å²) >= 11 is 1.10. The van der Waals surface area contributed by atoms with Crippen LogP contribution in [0.25, 0.3) is 0 Å². The smallest absolute Gasteiger partial charge is 0.321 e. The zero-order valence-corrected chi connectivity index (χ0v) is 13.4. The number of imide groups is 1. The van der Waals surface area contributed by atoms with Crippen LogP contribution in [-0.2, 0) is 4.79 Å². The number of hydrogen-bond acceptors (Lipinski definition) is 4. The summed E-state index contributed by atoms with van der Waals surface area (Å²) in [6, 6.07) is 4.66. The molecule has 2 unspecified atom stereocenters. The number of carbonyl (C=O) groups is 2. The minimum absolute atomic E-state index is 0.0277. The maximum atomic E-state index is 11.8. The average Bonchev–Trinajstić information content (AvgIpc) is 2.49. The van der Waals surface area contributed by atoms with Gasteiger partial charge < -0.3 is 10.5 Å². The highest BCUT2D eigenvalue weighted by atomic mass is 32.2. The lowest BCUT2D eigenvalue weighted by atomic mass is 9.86. The molecule has 1 heterocycles. The van der Waals surface area contributed by atoms with E-state index < -0.39 is 11.9 Å². The highest BCUT2D eigenvalue weighted by molar-refractivity contribution is 7.99. The molecule has 1 aromatic rings. The Morgan fingerprint density at radius 2 is 2.14 bits per heavy atom. The van der Waals surface area contributed by atoms with Crippen LogP contribution in [0.15, 0.2) is 29.4 Å². The predicted octanol–water partition coefficient (Wildman–Crippen LogP) is 1.82. The normalized spacial score (nSPS) is 21.1. The van der Waals surface area contributed by atoms with Gasteiger partial charge in [-0.15, -0.1) is 0 Å². The Bertz CT molecular complexity index is 539. The molecule has 1 fully saturated rings. The number of thioether (sulfide) groups is 1. The molecule has 120 valence electrons. The quantitative estimate of drug-likeness (QED) is 0.503. The van der Waals surface area contributed by atoms with Crippen molar-refractivity contribution in [3.05, 3.63) is 29.6 Å². The number of hydrogen-bond donors (Lipinski definition) is 2. The first-order valence-corrected chi connectivity index (χ1v) is 8.46. The highest BCUT2D eigenvalue weighted by Crippen LogP contribution is 2.23. The lowest BCUT2D eigenvalue weighted by Gasteiger charge is -2.29. The Kier molecular flexibility index (Phi) is 6.06. The first kappa shape index (κ1) is 16.6. The molecule has 7 heteroatoms. The van der Waals surface area contributed by atoms with Gasteiger partial charge in [0, 0.05) is 18.2 Å². The van der Waals surface area contributed by atoms with Crippen LogP contribution in [0.4, 0.5) is 4.79 Å². The molecule has 2 rings (SSSR count). The molecule has 0 aromatic carbocycles. The topological polar surface area (TPSA) is 85.1 Å². The van der Waals surface area contributed by atoms with Crippen molar-refractivity contribution in [1.82, 2.24) is 10.6 Å². The Balaban J connectivity index is 1.74. The lowest BCUT2D eigenvalue weighted by Crippen LogP contribution is -2.48. The zero-order chi connectivity index (χ0) is 15.9. The summed E-state index contributed by atoms with van der Waals surface area (Å²) in [4.78, 5) is 23.6. The van der Waals surface area contributed by atoms with Crippen LogP contribution >= 0.6 is 11.8 Å². The summed E-state index contributed by atoms with van der Waals surface area (Å²) in [5.74, 6) is 0.0578. The van der Waals surface area contributed by atoms with E-state index in [1.165, 1.54) is 12.6 Å². The van der Waals surface area contributed by atoms with Gasteiger partial charge in [0.15, 0.2) is 6.20 Å². The van der Waals surface area contributed by atoms with Gasteiger partial charge in [0.1, 0.15) is 0 Å². The standard InChI is InChI=1S/C15H21N3O3S/c1-11-6-2-3-7-12(11)16-15(20)17-13(19)10-22-14-8-4-5-9-18(14)21/h4-5,8-9,11-12H,2-3,6-7,10H2,1H3,(H2,16,17,19,20). The second-order valence-electron chi connectivity index (χ2n) is 5.54. The van der Waals surface area contributed by atoms with Gasteiger partial charge in [0.25, 0.3) is 5.03 Å². The van der Waals surface area contributed by atoms with Crippen LogP contribution in [0, 0.1) is 11.1 Å². The molecule has 0 bridgehead atoms. The van der Waals surface area contributed by atoms with E-state index in [9.17, 15) is 14.8 Å². The van der Waals surface area contributed by atoms with Gasteiger partial charge in [0.2, 0.25) is 5.91 Å². The second kappa shape index (κ2) is 8.03. The lowest BCUT2D eigenvalue weighted by molar-refractivity contribution is -0.645. The van der Waals surface area contributed by atoms with Crippen molar-refractivity contribution < 1.29 is 14.3 Å². The van der Waals surface area contributed by atoms with Crippen molar-refractivity contribution in [1.29, 1.82) is 0 Å². The molecule has 1 aliphatic rings. The first-order valence-electron chi connectivity index (χ1n) is 7.47. The molecule has 0 saturated heterocycles. The van der Waals surface area contributed by atoms with Crippen molar-refractivity contribution >= 4 is 23.7 Å². The SMILES string of the molecule is CC1CCCCC1NC(=O)NC(=O)CSc1cccc[n+]1[O-]. The Morgan fingerprint density at radius 1 is 1.36 bits per heavy atom. The van der Waals surface area contributed by atoms with E-state index in [2.05, 4.69) is 17.6 Å². The second-order valence-corrected chi connectivity index (χ2v) is 6.54. The number of urea groups is 1. The molecule has 3 amide bonds. The van der Waals surface area contributed by atoms with Gasteiger partial charge in [-0.1, -0.05) is 19.8 Å². The van der Waals surface area contributed by atoms with Crippen LogP contribution in [0.2, 0.25) is 0 Å². The van der Waals surface area contributed by atoms with Gasteiger partial charge >= 0.3 is 6.03 Å². The monoisotopic (exact) mass is 323 g/mol. The van der Waals surface area contributed by atoms with Gasteiger partial charge in [-0.2, -0.15) is 4.73 Å². The third kappa shape index (κ3) is 4.91. The molecule has 6 nitrogen and oxygen atoms in total. The molecular weight excluding hydrogens is 302 g/mol. The van der Waals surface area contributed by atoms with Crippen LogP contribution in [0.1, 0.15) is 32.6 Å². The molecular formula is C15H21N3O3S. The van der Waals surface area contributed by atoms with Crippen molar-refractivity contribution in [3.8, 4) is 0 Å². The fraction of sp³-hybridized carbons (Fsp3) is 0.533. The molecule has 1 aliphatic carbocycles. The first-order chi connectivity index (χ1) is 10.6. The number of aromatic nitrogens is 1. The largest absolute Gasteiger partial charge is 0.618 e. The third-order valence-corrected chi connectivity index (χ3v) is 4.84. The number of rotatable bonds is 4. The van der Waals surface area contributed by atoms with E-state index in [1.807, 2.05) is 0 Å². The van der Waals surface area contributed by atoms with Crippen molar-refractivity contribution in [2.45, 2.75) is 43.7 Å². The molecule has 1 saturated carbocycles. The van der Waals surface area contributed by atoms with Gasteiger partial charge in [-0.3, -0.25) is 10.1 Å². The number of carbonyl (C=O) groups excluding carboxylic acids is 2. The van der Waals surface area contributed by atoms with E-state index in [0.29, 0.717) is 15.7 Å². The van der Waals surface area contributed by atoms with Gasteiger partial charge in [0.05, 0.1) is 5.75 Å². The minimum Gasteiger partial charge on any atom is -0.618 e. The molecule has 0 aliphatic heterocycles. The van der Waals surface area contributed by atoms with Gasteiger partial charge in [-0.05, 0) is 36.6 Å². The maximum absolute atomic E-state index is 11.8. The maximum Gasteiger partial charge on any atom is 0.321 e. The van der Waals surface area contributed by atoms with Gasteiger partial charge in [-0.25, -0.2) is 4.79 Å². The summed E-state index contributed by atoms with van der Waals surface area (Å²) in [6.45, 7) is 2.12. The van der Waals surface area contributed by atoms with Crippen LogP contribution in [0.5, 0.6) is 0 Å². The zero-order valence-electron chi connectivity index (χ0n) is 12.6. The van der Waals surface area contributed by atoms with Crippen LogP contribution in [-0.4, -0.2) is 23.7 Å². The fourth-order valence-electron chi connectivity index (χ4n) is 2.56. The Morgan fingerprint density at radius 3 is 2.86 bits per heavy atom. The van der Waals surface area contributed by atoms with E-state index in [0.717, 1.165) is 31.0 Å². The van der Waals surface area contributed by atoms with Crippen molar-refractivity contribution in [3.63, 3.8) is 0 Å². The Hall–Kier alpha value is -1.76. The summed E-state index contributed by atoms with van der Waals surface area (Å²) in [5, 5.41) is 17.0. The van der Waals surface area contributed by atoms with Crippen LogP contribution in [0.3, 0.4) is 0 Å². The van der Waals surface area contributed by atoms with Crippen LogP contribution < -0.4 is 15.4 Å². The Labute approximate surface area is 134 Å². The number of pyridine rings is 1. The van der Waals surface area contributed by atoms with E-state index >= 15 is 0 Å². The summed E-state index contributed by atoms with van der Waals surface area (Å²) in [6.07, 6.45) is 5.74.